The predicted molar refractivity (Wildman–Crippen MR) is 79.9 cm³/mol. The molecule has 0 atom stereocenters. The molecule has 7 heteroatoms. The molecule has 0 spiro atoms. The molecule has 2 aromatic rings. The van der Waals surface area contributed by atoms with Crippen molar-refractivity contribution in [1.29, 1.82) is 0 Å². The maximum Gasteiger partial charge on any atom is 0.407 e. The van der Waals surface area contributed by atoms with Gasteiger partial charge in [0, 0.05) is 30.2 Å². The van der Waals surface area contributed by atoms with Crippen molar-refractivity contribution in [1.82, 2.24) is 14.7 Å². The van der Waals surface area contributed by atoms with Gasteiger partial charge in [-0.1, -0.05) is 6.08 Å². The van der Waals surface area contributed by atoms with Crippen LogP contribution in [0.15, 0.2) is 41.3 Å². The molecule has 0 unspecified atom stereocenters. The number of carboxylic acid groups (broad SMARTS) is 1. The van der Waals surface area contributed by atoms with Gasteiger partial charge in [-0.15, -0.1) is 11.3 Å². The lowest BCUT2D eigenvalue weighted by Crippen LogP contribution is -2.33. The van der Waals surface area contributed by atoms with Crippen LogP contribution in [0.5, 0.6) is 0 Å². The molecule has 0 fully saturated rings. The second-order valence-corrected chi connectivity index (χ2v) is 5.68. The fourth-order valence-electron chi connectivity index (χ4n) is 2.20. The number of rotatable bonds is 2. The lowest BCUT2D eigenvalue weighted by atomic mass is 10.1. The van der Waals surface area contributed by atoms with Crippen LogP contribution in [0.2, 0.25) is 0 Å². The molecule has 1 N–H and O–H groups in total. The van der Waals surface area contributed by atoms with E-state index in [-0.39, 0.29) is 5.56 Å². The van der Waals surface area contributed by atoms with E-state index in [1.807, 2.05) is 18.2 Å². The van der Waals surface area contributed by atoms with Crippen LogP contribution in [0.4, 0.5) is 4.79 Å². The molecule has 3 heterocycles. The summed E-state index contributed by atoms with van der Waals surface area (Å²) in [7, 11) is 0. The first-order chi connectivity index (χ1) is 10.1. The van der Waals surface area contributed by atoms with Crippen molar-refractivity contribution in [2.24, 2.45) is 0 Å². The molecule has 1 aliphatic heterocycles. The summed E-state index contributed by atoms with van der Waals surface area (Å²) >= 11 is 1.48. The van der Waals surface area contributed by atoms with Crippen molar-refractivity contribution in [2.45, 2.75) is 6.42 Å². The molecule has 0 radical (unpaired) electrons. The minimum absolute atomic E-state index is 0.166. The fraction of sp³-hybridized carbons (Fsp3) is 0.214. The van der Waals surface area contributed by atoms with Crippen molar-refractivity contribution >= 4 is 23.0 Å². The number of nitrogens with zero attached hydrogens (tertiary/aromatic N) is 3. The molecule has 1 amide bonds. The number of hydrogen-bond donors (Lipinski definition) is 1. The summed E-state index contributed by atoms with van der Waals surface area (Å²) in [5.74, 6) is 0. The van der Waals surface area contributed by atoms with Crippen LogP contribution in [-0.2, 0) is 0 Å². The zero-order chi connectivity index (χ0) is 14.8. The summed E-state index contributed by atoms with van der Waals surface area (Å²) in [4.78, 5) is 25.0. The van der Waals surface area contributed by atoms with Gasteiger partial charge in [0.1, 0.15) is 5.00 Å². The van der Waals surface area contributed by atoms with Crippen LogP contribution in [0, 0.1) is 0 Å². The van der Waals surface area contributed by atoms with Crippen molar-refractivity contribution in [3.63, 3.8) is 0 Å². The Kier molecular flexibility index (Phi) is 3.57. The zero-order valence-electron chi connectivity index (χ0n) is 11.1. The van der Waals surface area contributed by atoms with Crippen LogP contribution in [0.3, 0.4) is 0 Å². The molecule has 0 aromatic carbocycles. The van der Waals surface area contributed by atoms with E-state index in [4.69, 9.17) is 5.11 Å². The monoisotopic (exact) mass is 303 g/mol. The Labute approximate surface area is 124 Å². The van der Waals surface area contributed by atoms with Gasteiger partial charge in [0.05, 0.1) is 0 Å². The standard InChI is InChI=1S/C14H13N3O3S/c18-12-2-1-7-15-17(12)13-4-3-11(21-13)10-5-8-16(9-6-10)14(19)20/h1-5,7H,6,8-9H2,(H,19,20). The summed E-state index contributed by atoms with van der Waals surface area (Å²) in [5, 5.41) is 13.7. The molecule has 0 aliphatic carbocycles. The normalized spacial score (nSPS) is 14.9. The second kappa shape index (κ2) is 5.53. The van der Waals surface area contributed by atoms with Crippen molar-refractivity contribution in [3.05, 3.63) is 51.8 Å². The van der Waals surface area contributed by atoms with E-state index in [1.165, 1.54) is 27.0 Å². The number of hydrogen-bond acceptors (Lipinski definition) is 4. The highest BCUT2D eigenvalue weighted by atomic mass is 32.1. The third-order valence-corrected chi connectivity index (χ3v) is 4.45. The van der Waals surface area contributed by atoms with Gasteiger partial charge >= 0.3 is 6.09 Å². The van der Waals surface area contributed by atoms with Gasteiger partial charge in [-0.2, -0.15) is 9.78 Å². The molecule has 0 bridgehead atoms. The summed E-state index contributed by atoms with van der Waals surface area (Å²) < 4.78 is 1.36. The van der Waals surface area contributed by atoms with Gasteiger partial charge in [-0.25, -0.2) is 4.79 Å². The van der Waals surface area contributed by atoms with E-state index in [0.29, 0.717) is 19.5 Å². The highest BCUT2D eigenvalue weighted by Crippen LogP contribution is 2.29. The number of amides is 1. The van der Waals surface area contributed by atoms with Gasteiger partial charge < -0.3 is 10.0 Å². The van der Waals surface area contributed by atoms with Crippen LogP contribution in [0.25, 0.3) is 10.6 Å². The predicted octanol–water partition coefficient (Wildman–Crippen LogP) is 2.06. The van der Waals surface area contributed by atoms with Gasteiger partial charge in [-0.3, -0.25) is 4.79 Å². The van der Waals surface area contributed by atoms with Crippen molar-refractivity contribution in [2.75, 3.05) is 13.1 Å². The van der Waals surface area contributed by atoms with Crippen LogP contribution < -0.4 is 5.56 Å². The summed E-state index contributed by atoms with van der Waals surface area (Å²) in [6, 6.07) is 6.89. The van der Waals surface area contributed by atoms with E-state index in [1.54, 1.807) is 12.3 Å². The molecule has 0 saturated carbocycles. The molecule has 21 heavy (non-hydrogen) atoms. The minimum atomic E-state index is -0.891. The van der Waals surface area contributed by atoms with Gasteiger partial charge in [0.25, 0.3) is 5.56 Å². The minimum Gasteiger partial charge on any atom is -0.465 e. The number of carbonyl (C=O) groups is 1. The van der Waals surface area contributed by atoms with E-state index >= 15 is 0 Å². The van der Waals surface area contributed by atoms with E-state index in [9.17, 15) is 9.59 Å². The smallest absolute Gasteiger partial charge is 0.407 e. The molecule has 1 aliphatic rings. The van der Waals surface area contributed by atoms with Crippen molar-refractivity contribution in [3.8, 4) is 5.00 Å². The lowest BCUT2D eigenvalue weighted by molar-refractivity contribution is 0.150. The Morgan fingerprint density at radius 1 is 1.33 bits per heavy atom. The fourth-order valence-corrected chi connectivity index (χ4v) is 3.24. The molecule has 2 aromatic heterocycles. The Bertz CT molecular complexity index is 763. The van der Waals surface area contributed by atoms with Gasteiger partial charge in [0.15, 0.2) is 0 Å². The third kappa shape index (κ3) is 2.73. The SMILES string of the molecule is O=C(O)N1CC=C(c2ccc(-n3ncccc3=O)s2)CC1. The molecule has 3 rings (SSSR count). The van der Waals surface area contributed by atoms with Gasteiger partial charge in [-0.05, 0) is 30.2 Å². The summed E-state index contributed by atoms with van der Waals surface area (Å²) in [5.41, 5.74) is 0.952. The first-order valence-corrected chi connectivity index (χ1v) is 7.28. The topological polar surface area (TPSA) is 75.4 Å². The summed E-state index contributed by atoms with van der Waals surface area (Å²) in [6.07, 6.45) is 3.29. The van der Waals surface area contributed by atoms with Gasteiger partial charge in [0.2, 0.25) is 0 Å². The van der Waals surface area contributed by atoms with E-state index in [2.05, 4.69) is 5.10 Å². The molecule has 6 nitrogen and oxygen atoms in total. The quantitative estimate of drug-likeness (QED) is 0.921. The lowest BCUT2D eigenvalue weighted by Gasteiger charge is -2.23. The summed E-state index contributed by atoms with van der Waals surface area (Å²) in [6.45, 7) is 0.902. The largest absolute Gasteiger partial charge is 0.465 e. The Morgan fingerprint density at radius 3 is 2.86 bits per heavy atom. The highest BCUT2D eigenvalue weighted by Gasteiger charge is 2.18. The Balaban J connectivity index is 1.85. The highest BCUT2D eigenvalue weighted by molar-refractivity contribution is 7.15. The van der Waals surface area contributed by atoms with Crippen LogP contribution in [0.1, 0.15) is 11.3 Å². The zero-order valence-corrected chi connectivity index (χ0v) is 11.9. The maximum absolute atomic E-state index is 11.7. The Morgan fingerprint density at radius 2 is 2.19 bits per heavy atom. The number of aromatic nitrogens is 2. The third-order valence-electron chi connectivity index (χ3n) is 3.31. The number of thiophene rings is 1. The van der Waals surface area contributed by atoms with Crippen LogP contribution in [-0.4, -0.2) is 39.0 Å². The maximum atomic E-state index is 11.7. The van der Waals surface area contributed by atoms with E-state index in [0.717, 1.165) is 15.5 Å². The molecular formula is C14H13N3O3S. The first-order valence-electron chi connectivity index (χ1n) is 6.47. The Hall–Kier alpha value is -2.41. The average molecular weight is 303 g/mol. The van der Waals surface area contributed by atoms with Crippen molar-refractivity contribution < 1.29 is 9.90 Å². The van der Waals surface area contributed by atoms with Crippen LogP contribution >= 0.6 is 11.3 Å². The molecule has 0 saturated heterocycles. The first kappa shape index (κ1) is 13.6. The van der Waals surface area contributed by atoms with E-state index < -0.39 is 6.09 Å². The average Bonchev–Trinajstić information content (AvgIpc) is 2.97. The molecular weight excluding hydrogens is 290 g/mol. The second-order valence-electron chi connectivity index (χ2n) is 4.62. The molecule has 108 valence electrons.